The molecule has 0 amide bonds. The topological polar surface area (TPSA) is 53.5 Å². The summed E-state index contributed by atoms with van der Waals surface area (Å²) in [5.74, 6) is 0. The lowest BCUT2D eigenvalue weighted by Gasteiger charge is -2.36. The SMILES string of the molecule is CS(=O)(=O)c1ccc2nc(N3CCN(c4ccc(Cl)c(Cl)c4)CC3)sc2c1. The van der Waals surface area contributed by atoms with Crippen molar-refractivity contribution in [2.45, 2.75) is 4.90 Å². The van der Waals surface area contributed by atoms with E-state index in [1.165, 1.54) is 17.6 Å². The average Bonchev–Trinajstić information content (AvgIpc) is 3.07. The third-order valence-electron chi connectivity index (χ3n) is 4.60. The highest BCUT2D eigenvalue weighted by Crippen LogP contribution is 2.32. The highest BCUT2D eigenvalue weighted by atomic mass is 35.5. The summed E-state index contributed by atoms with van der Waals surface area (Å²) in [5.41, 5.74) is 1.89. The number of piperazine rings is 1. The summed E-state index contributed by atoms with van der Waals surface area (Å²) in [7, 11) is -3.22. The van der Waals surface area contributed by atoms with Gasteiger partial charge in [-0.3, -0.25) is 0 Å². The van der Waals surface area contributed by atoms with Crippen molar-refractivity contribution in [3.8, 4) is 0 Å². The number of hydrogen-bond donors (Lipinski definition) is 0. The van der Waals surface area contributed by atoms with E-state index in [4.69, 9.17) is 23.2 Å². The van der Waals surface area contributed by atoms with Crippen LogP contribution in [0.2, 0.25) is 10.0 Å². The lowest BCUT2D eigenvalue weighted by molar-refractivity contribution is 0.602. The van der Waals surface area contributed by atoms with Crippen LogP contribution < -0.4 is 9.80 Å². The molecule has 5 nitrogen and oxygen atoms in total. The third-order valence-corrected chi connectivity index (χ3v) is 7.52. The first-order valence-electron chi connectivity index (χ1n) is 8.37. The van der Waals surface area contributed by atoms with E-state index in [0.29, 0.717) is 14.9 Å². The van der Waals surface area contributed by atoms with Crippen LogP contribution in [0, 0.1) is 0 Å². The van der Waals surface area contributed by atoms with Crippen LogP contribution in [0.4, 0.5) is 10.8 Å². The summed E-state index contributed by atoms with van der Waals surface area (Å²) in [6.07, 6.45) is 1.22. The number of benzene rings is 2. The predicted octanol–water partition coefficient (Wildman–Crippen LogP) is 4.33. The van der Waals surface area contributed by atoms with Gasteiger partial charge in [0.15, 0.2) is 15.0 Å². The molecule has 27 heavy (non-hydrogen) atoms. The minimum Gasteiger partial charge on any atom is -0.368 e. The molecule has 1 aliphatic heterocycles. The Morgan fingerprint density at radius 3 is 2.33 bits per heavy atom. The second-order valence-corrected chi connectivity index (χ2v) is 10.3. The zero-order valence-electron chi connectivity index (χ0n) is 14.5. The van der Waals surface area contributed by atoms with Crippen LogP contribution in [0.15, 0.2) is 41.3 Å². The Morgan fingerprint density at radius 1 is 0.963 bits per heavy atom. The van der Waals surface area contributed by atoms with E-state index in [-0.39, 0.29) is 0 Å². The van der Waals surface area contributed by atoms with Crippen molar-refractivity contribution in [2.24, 2.45) is 0 Å². The summed E-state index contributed by atoms with van der Waals surface area (Å²) in [5, 5.41) is 2.04. The Bertz CT molecular complexity index is 1110. The van der Waals surface area contributed by atoms with Crippen molar-refractivity contribution in [1.82, 2.24) is 4.98 Å². The molecule has 0 aliphatic carbocycles. The molecule has 1 aromatic heterocycles. The van der Waals surface area contributed by atoms with Crippen LogP contribution in [-0.4, -0.2) is 45.8 Å². The van der Waals surface area contributed by atoms with Gasteiger partial charge in [-0.15, -0.1) is 0 Å². The monoisotopic (exact) mass is 441 g/mol. The maximum absolute atomic E-state index is 11.8. The van der Waals surface area contributed by atoms with Crippen LogP contribution in [0.5, 0.6) is 0 Å². The summed E-state index contributed by atoms with van der Waals surface area (Å²) >= 11 is 13.7. The summed E-state index contributed by atoms with van der Waals surface area (Å²) in [6, 6.07) is 10.8. The van der Waals surface area contributed by atoms with Gasteiger partial charge in [0.05, 0.1) is 25.2 Å². The van der Waals surface area contributed by atoms with E-state index in [1.54, 1.807) is 18.2 Å². The molecule has 3 aromatic rings. The van der Waals surface area contributed by atoms with E-state index in [9.17, 15) is 8.42 Å². The number of halogens is 2. The molecular formula is C18H17Cl2N3O2S2. The van der Waals surface area contributed by atoms with Gasteiger partial charge in [-0.2, -0.15) is 0 Å². The second-order valence-electron chi connectivity index (χ2n) is 6.47. The second kappa shape index (κ2) is 7.13. The van der Waals surface area contributed by atoms with Gasteiger partial charge in [0.25, 0.3) is 0 Å². The molecule has 0 radical (unpaired) electrons. The van der Waals surface area contributed by atoms with E-state index >= 15 is 0 Å². The molecule has 0 unspecified atom stereocenters. The molecule has 142 valence electrons. The fourth-order valence-electron chi connectivity index (χ4n) is 3.10. The molecule has 2 heterocycles. The quantitative estimate of drug-likeness (QED) is 0.604. The molecule has 1 aliphatic rings. The van der Waals surface area contributed by atoms with Crippen molar-refractivity contribution in [3.05, 3.63) is 46.4 Å². The van der Waals surface area contributed by atoms with Crippen LogP contribution >= 0.6 is 34.5 Å². The number of nitrogens with zero attached hydrogens (tertiary/aromatic N) is 3. The van der Waals surface area contributed by atoms with E-state index in [0.717, 1.165) is 47.2 Å². The molecule has 0 atom stereocenters. The number of fused-ring (bicyclic) bond motifs is 1. The summed E-state index contributed by atoms with van der Waals surface area (Å²) in [4.78, 5) is 9.51. The molecule has 9 heteroatoms. The van der Waals surface area contributed by atoms with Gasteiger partial charge in [-0.05, 0) is 36.4 Å². The Hall–Kier alpha value is -1.54. The van der Waals surface area contributed by atoms with Crippen LogP contribution in [0.25, 0.3) is 10.2 Å². The number of rotatable bonds is 3. The Labute approximate surface area is 172 Å². The smallest absolute Gasteiger partial charge is 0.186 e. The summed E-state index contributed by atoms with van der Waals surface area (Å²) < 4.78 is 24.4. The first kappa shape index (κ1) is 18.8. The number of anilines is 2. The van der Waals surface area contributed by atoms with Gasteiger partial charge in [0.2, 0.25) is 0 Å². The van der Waals surface area contributed by atoms with Gasteiger partial charge < -0.3 is 9.80 Å². The molecule has 0 N–H and O–H groups in total. The molecule has 0 spiro atoms. The van der Waals surface area contributed by atoms with Gasteiger partial charge in [-0.1, -0.05) is 34.5 Å². The first-order chi connectivity index (χ1) is 12.8. The van der Waals surface area contributed by atoms with Crippen molar-refractivity contribution < 1.29 is 8.42 Å². The van der Waals surface area contributed by atoms with Gasteiger partial charge in [0, 0.05) is 38.1 Å². The van der Waals surface area contributed by atoms with Crippen LogP contribution in [0.3, 0.4) is 0 Å². The van der Waals surface area contributed by atoms with Gasteiger partial charge in [0.1, 0.15) is 0 Å². The fourth-order valence-corrected chi connectivity index (χ4v) is 5.17. The Morgan fingerprint density at radius 2 is 1.67 bits per heavy atom. The third kappa shape index (κ3) is 3.87. The summed E-state index contributed by atoms with van der Waals surface area (Å²) in [6.45, 7) is 3.36. The molecule has 1 saturated heterocycles. The maximum Gasteiger partial charge on any atom is 0.186 e. The molecular weight excluding hydrogens is 425 g/mol. The molecule has 0 bridgehead atoms. The number of thiazole rings is 1. The average molecular weight is 442 g/mol. The van der Waals surface area contributed by atoms with Crippen LogP contribution in [0.1, 0.15) is 0 Å². The molecule has 0 saturated carbocycles. The molecule has 4 rings (SSSR count). The molecule has 2 aromatic carbocycles. The van der Waals surface area contributed by atoms with Crippen molar-refractivity contribution in [3.63, 3.8) is 0 Å². The Kier molecular flexibility index (Phi) is 4.96. The minimum atomic E-state index is -3.22. The lowest BCUT2D eigenvalue weighted by atomic mass is 10.2. The zero-order chi connectivity index (χ0) is 19.2. The van der Waals surface area contributed by atoms with Gasteiger partial charge >= 0.3 is 0 Å². The first-order valence-corrected chi connectivity index (χ1v) is 11.8. The Balaban J connectivity index is 1.51. The number of aromatic nitrogens is 1. The number of sulfone groups is 1. The standard InChI is InChI=1S/C18H17Cl2N3O2S2/c1-27(24,25)13-3-5-16-17(11-13)26-18(21-16)23-8-6-22(7-9-23)12-2-4-14(19)15(20)10-12/h2-5,10-11H,6-9H2,1H3. The largest absolute Gasteiger partial charge is 0.368 e. The maximum atomic E-state index is 11.8. The van der Waals surface area contributed by atoms with E-state index in [2.05, 4.69) is 14.8 Å². The number of hydrogen-bond acceptors (Lipinski definition) is 6. The highest BCUT2D eigenvalue weighted by Gasteiger charge is 2.21. The highest BCUT2D eigenvalue weighted by molar-refractivity contribution is 7.90. The van der Waals surface area contributed by atoms with Crippen molar-refractivity contribution >= 4 is 65.4 Å². The predicted molar refractivity (Wildman–Crippen MR) is 114 cm³/mol. The van der Waals surface area contributed by atoms with Crippen molar-refractivity contribution in [2.75, 3.05) is 42.2 Å². The fraction of sp³-hybridized carbons (Fsp3) is 0.278. The van der Waals surface area contributed by atoms with Gasteiger partial charge in [-0.25, -0.2) is 13.4 Å². The van der Waals surface area contributed by atoms with E-state index in [1.807, 2.05) is 18.2 Å². The van der Waals surface area contributed by atoms with Crippen LogP contribution in [-0.2, 0) is 9.84 Å². The van der Waals surface area contributed by atoms with Crippen molar-refractivity contribution in [1.29, 1.82) is 0 Å². The zero-order valence-corrected chi connectivity index (χ0v) is 17.7. The lowest BCUT2D eigenvalue weighted by Crippen LogP contribution is -2.46. The normalized spacial score (nSPS) is 15.5. The molecule has 1 fully saturated rings. The van der Waals surface area contributed by atoms with E-state index < -0.39 is 9.84 Å². The minimum absolute atomic E-state index is 0.328.